The van der Waals surface area contributed by atoms with Gasteiger partial charge in [-0.3, -0.25) is 4.72 Å². The molecule has 1 aliphatic rings. The van der Waals surface area contributed by atoms with Gasteiger partial charge in [-0.25, -0.2) is 17.8 Å². The van der Waals surface area contributed by atoms with Crippen molar-refractivity contribution in [1.29, 1.82) is 0 Å². The monoisotopic (exact) mass is 390 g/mol. The largest absolute Gasteiger partial charge is 0.369 e. The van der Waals surface area contributed by atoms with Gasteiger partial charge in [-0.15, -0.1) is 11.3 Å². The van der Waals surface area contributed by atoms with Crippen LogP contribution in [0.4, 0.5) is 15.9 Å². The number of nitrogens with one attached hydrogen (secondary N) is 2. The van der Waals surface area contributed by atoms with Crippen LogP contribution in [-0.2, 0) is 10.0 Å². The molecule has 0 bridgehead atoms. The van der Waals surface area contributed by atoms with Crippen molar-refractivity contribution in [2.75, 3.05) is 29.8 Å². The summed E-state index contributed by atoms with van der Waals surface area (Å²) in [5.41, 5.74) is 1.95. The van der Waals surface area contributed by atoms with Gasteiger partial charge in [0.05, 0.1) is 16.2 Å². The Balaban J connectivity index is 1.92. The highest BCUT2D eigenvalue weighted by molar-refractivity contribution is 7.92. The van der Waals surface area contributed by atoms with Gasteiger partial charge in [-0.05, 0) is 19.0 Å². The van der Waals surface area contributed by atoms with Crippen molar-refractivity contribution in [3.8, 4) is 0 Å². The lowest BCUT2D eigenvalue weighted by Crippen LogP contribution is -2.33. The molecular weight excluding hydrogens is 375 g/mol. The average Bonchev–Trinajstić information content (AvgIpc) is 3.21. The number of halogens is 2. The molecule has 2 heterocycles. The van der Waals surface area contributed by atoms with Gasteiger partial charge in [0.1, 0.15) is 10.7 Å². The second kappa shape index (κ2) is 6.83. The summed E-state index contributed by atoms with van der Waals surface area (Å²) in [5.74, 6) is -0.705. The lowest BCUT2D eigenvalue weighted by atomic mass is 10.2. The standard InChI is InChI=1S/C14H16ClFN4O2S2/c1-20(9-2-3-17-6-9)12-5-11(16)13(4-10(12)15)24(21,22)19-14-7-23-8-18-14/h4-5,7-9,17,19H,2-3,6H2,1H3/t9-/m1/s1. The zero-order chi connectivity index (χ0) is 17.3. The third-order valence-electron chi connectivity index (χ3n) is 3.92. The van der Waals surface area contributed by atoms with Crippen molar-refractivity contribution in [1.82, 2.24) is 10.3 Å². The summed E-state index contributed by atoms with van der Waals surface area (Å²) in [7, 11) is -2.27. The Kier molecular flexibility index (Phi) is 4.95. The van der Waals surface area contributed by atoms with E-state index in [-0.39, 0.29) is 16.9 Å². The minimum Gasteiger partial charge on any atom is -0.369 e. The molecule has 1 atom stereocenters. The molecule has 0 amide bonds. The predicted molar refractivity (Wildman–Crippen MR) is 94.0 cm³/mol. The molecule has 0 spiro atoms. The first-order valence-corrected chi connectivity index (χ1v) is 10.0. The zero-order valence-corrected chi connectivity index (χ0v) is 15.2. The zero-order valence-electron chi connectivity index (χ0n) is 12.8. The number of likely N-dealkylation sites (N-methyl/N-ethyl adjacent to an activating group) is 1. The number of thiazole rings is 1. The van der Waals surface area contributed by atoms with Crippen molar-refractivity contribution in [2.45, 2.75) is 17.4 Å². The lowest BCUT2D eigenvalue weighted by molar-refractivity contribution is 0.569. The number of rotatable bonds is 5. The van der Waals surface area contributed by atoms with E-state index in [1.807, 2.05) is 11.9 Å². The number of benzene rings is 1. The van der Waals surface area contributed by atoms with E-state index in [0.29, 0.717) is 5.69 Å². The van der Waals surface area contributed by atoms with E-state index in [2.05, 4.69) is 15.0 Å². The Labute approximate surface area is 148 Å². The summed E-state index contributed by atoms with van der Waals surface area (Å²) in [6.07, 6.45) is 0.917. The highest BCUT2D eigenvalue weighted by Gasteiger charge is 2.26. The van der Waals surface area contributed by atoms with Gasteiger partial charge in [-0.1, -0.05) is 11.6 Å². The second-order valence-corrected chi connectivity index (χ2v) is 8.25. The Hall–Kier alpha value is -1.42. The van der Waals surface area contributed by atoms with Crippen molar-refractivity contribution in [3.05, 3.63) is 33.9 Å². The summed E-state index contributed by atoms with van der Waals surface area (Å²) in [5, 5.41) is 4.93. The van der Waals surface area contributed by atoms with Crippen LogP contribution in [0.2, 0.25) is 5.02 Å². The summed E-state index contributed by atoms with van der Waals surface area (Å²) >= 11 is 7.46. The van der Waals surface area contributed by atoms with Crippen LogP contribution in [0.25, 0.3) is 0 Å². The van der Waals surface area contributed by atoms with E-state index in [9.17, 15) is 12.8 Å². The van der Waals surface area contributed by atoms with Gasteiger partial charge in [0.15, 0.2) is 5.82 Å². The molecule has 1 aromatic carbocycles. The number of sulfonamides is 1. The summed E-state index contributed by atoms with van der Waals surface area (Å²) in [4.78, 5) is 5.21. The Morgan fingerprint density at radius 2 is 2.29 bits per heavy atom. The number of hydrogen-bond acceptors (Lipinski definition) is 6. The highest BCUT2D eigenvalue weighted by atomic mass is 35.5. The molecule has 1 aromatic heterocycles. The van der Waals surface area contributed by atoms with Gasteiger partial charge in [0, 0.05) is 31.1 Å². The Bertz CT molecular complexity index is 824. The lowest BCUT2D eigenvalue weighted by Gasteiger charge is -2.27. The molecule has 3 rings (SSSR count). The molecule has 0 unspecified atom stereocenters. The number of hydrogen-bond donors (Lipinski definition) is 2. The van der Waals surface area contributed by atoms with Gasteiger partial charge in [0.2, 0.25) is 0 Å². The summed E-state index contributed by atoms with van der Waals surface area (Å²) in [6, 6.07) is 2.49. The summed E-state index contributed by atoms with van der Waals surface area (Å²) in [6.45, 7) is 1.67. The van der Waals surface area contributed by atoms with E-state index < -0.39 is 20.7 Å². The smallest absolute Gasteiger partial charge is 0.266 e. The molecule has 2 N–H and O–H groups in total. The van der Waals surface area contributed by atoms with E-state index in [1.165, 1.54) is 22.2 Å². The first-order chi connectivity index (χ1) is 11.4. The van der Waals surface area contributed by atoms with E-state index in [0.717, 1.165) is 31.6 Å². The van der Waals surface area contributed by atoms with Gasteiger partial charge in [0.25, 0.3) is 10.0 Å². The van der Waals surface area contributed by atoms with Crippen LogP contribution in [0.5, 0.6) is 0 Å². The van der Waals surface area contributed by atoms with Crippen LogP contribution in [0.1, 0.15) is 6.42 Å². The first-order valence-electron chi connectivity index (χ1n) is 7.22. The fraction of sp³-hybridized carbons (Fsp3) is 0.357. The number of anilines is 2. The maximum absolute atomic E-state index is 14.5. The molecule has 0 radical (unpaired) electrons. The molecule has 2 aromatic rings. The van der Waals surface area contributed by atoms with Gasteiger partial charge >= 0.3 is 0 Å². The fourth-order valence-corrected chi connectivity index (χ4v) is 4.62. The molecule has 1 fully saturated rings. The predicted octanol–water partition coefficient (Wildman–Crippen LogP) is 2.53. The Morgan fingerprint density at radius 3 is 2.92 bits per heavy atom. The van der Waals surface area contributed by atoms with Crippen molar-refractivity contribution in [3.63, 3.8) is 0 Å². The van der Waals surface area contributed by atoms with Crippen LogP contribution in [0.15, 0.2) is 27.9 Å². The van der Waals surface area contributed by atoms with Crippen LogP contribution < -0.4 is 14.9 Å². The molecule has 0 saturated carbocycles. The summed E-state index contributed by atoms with van der Waals surface area (Å²) < 4.78 is 41.4. The second-order valence-electron chi connectivity index (χ2n) is 5.47. The molecule has 1 aliphatic heterocycles. The average molecular weight is 391 g/mol. The normalized spacial score (nSPS) is 17.9. The van der Waals surface area contributed by atoms with Crippen molar-refractivity contribution >= 4 is 44.5 Å². The quantitative estimate of drug-likeness (QED) is 0.820. The van der Waals surface area contributed by atoms with Crippen LogP contribution in [-0.4, -0.2) is 39.6 Å². The van der Waals surface area contributed by atoms with E-state index in [1.54, 1.807) is 0 Å². The highest BCUT2D eigenvalue weighted by Crippen LogP contribution is 2.32. The third kappa shape index (κ3) is 3.49. The Morgan fingerprint density at radius 1 is 1.50 bits per heavy atom. The molecular formula is C14H16ClFN4O2S2. The molecule has 24 heavy (non-hydrogen) atoms. The topological polar surface area (TPSA) is 74.3 Å². The number of nitrogens with zero attached hydrogens (tertiary/aromatic N) is 2. The maximum atomic E-state index is 14.5. The molecule has 130 valence electrons. The molecule has 6 nitrogen and oxygen atoms in total. The van der Waals surface area contributed by atoms with Gasteiger partial charge in [-0.2, -0.15) is 0 Å². The van der Waals surface area contributed by atoms with E-state index >= 15 is 0 Å². The first kappa shape index (κ1) is 17.4. The fourth-order valence-electron chi connectivity index (χ4n) is 2.62. The minimum absolute atomic E-state index is 0.147. The third-order valence-corrected chi connectivity index (χ3v) is 6.18. The van der Waals surface area contributed by atoms with Crippen LogP contribution >= 0.6 is 22.9 Å². The van der Waals surface area contributed by atoms with Crippen LogP contribution in [0, 0.1) is 5.82 Å². The van der Waals surface area contributed by atoms with E-state index in [4.69, 9.17) is 11.6 Å². The molecule has 10 heteroatoms. The SMILES string of the molecule is CN(c1cc(F)c(S(=O)(=O)Nc2cscn2)cc1Cl)[C@@H]1CCNC1. The maximum Gasteiger partial charge on any atom is 0.266 e. The minimum atomic E-state index is -4.09. The van der Waals surface area contributed by atoms with Crippen molar-refractivity contribution in [2.24, 2.45) is 0 Å². The van der Waals surface area contributed by atoms with Crippen LogP contribution in [0.3, 0.4) is 0 Å². The molecule has 1 saturated heterocycles. The van der Waals surface area contributed by atoms with Crippen molar-refractivity contribution < 1.29 is 12.8 Å². The molecule has 0 aliphatic carbocycles. The number of aromatic nitrogens is 1. The van der Waals surface area contributed by atoms with Gasteiger partial charge < -0.3 is 10.2 Å².